The van der Waals surface area contributed by atoms with Crippen LogP contribution >= 0.6 is 11.6 Å². The molecule has 4 rings (SSSR count). The summed E-state index contributed by atoms with van der Waals surface area (Å²) in [6, 6.07) is 18.1. The lowest BCUT2D eigenvalue weighted by Gasteiger charge is -2.30. The molecule has 0 aliphatic carbocycles. The van der Waals surface area contributed by atoms with Gasteiger partial charge in [-0.05, 0) is 75.2 Å². The Bertz CT molecular complexity index is 1000. The monoisotopic (exact) mass is 348 g/mol. The van der Waals surface area contributed by atoms with Gasteiger partial charge in [0.15, 0.2) is 0 Å². The molecule has 1 aliphatic heterocycles. The number of fused-ring (bicyclic) bond motifs is 3. The second-order valence-corrected chi connectivity index (χ2v) is 7.31. The summed E-state index contributed by atoms with van der Waals surface area (Å²) < 4.78 is 2.19. The lowest BCUT2D eigenvalue weighted by molar-refractivity contribution is 0.242. The molecule has 25 heavy (non-hydrogen) atoms. The molecule has 0 N–H and O–H groups in total. The summed E-state index contributed by atoms with van der Waals surface area (Å²) in [5.74, 6) is 3.30. The molecule has 1 unspecified atom stereocenters. The van der Waals surface area contributed by atoms with Crippen molar-refractivity contribution in [1.82, 2.24) is 9.47 Å². The zero-order valence-corrected chi connectivity index (χ0v) is 15.6. The minimum Gasteiger partial charge on any atom is -0.298 e. The molecule has 2 nitrogen and oxygen atoms in total. The number of hydrogen-bond acceptors (Lipinski definition) is 1. The van der Waals surface area contributed by atoms with Crippen LogP contribution in [0.2, 0.25) is 5.02 Å². The van der Waals surface area contributed by atoms with Gasteiger partial charge in [-0.1, -0.05) is 23.2 Å². The molecule has 0 bridgehead atoms. The highest BCUT2D eigenvalue weighted by molar-refractivity contribution is 6.30. The normalized spacial score (nSPS) is 17.2. The molecule has 1 aliphatic rings. The van der Waals surface area contributed by atoms with E-state index in [1.165, 1.54) is 27.7 Å². The van der Waals surface area contributed by atoms with Crippen molar-refractivity contribution in [2.24, 2.45) is 0 Å². The topological polar surface area (TPSA) is 8.17 Å². The van der Waals surface area contributed by atoms with Crippen molar-refractivity contribution < 1.29 is 0 Å². The van der Waals surface area contributed by atoms with Crippen molar-refractivity contribution in [3.05, 3.63) is 69.9 Å². The van der Waals surface area contributed by atoms with E-state index in [0.717, 1.165) is 23.6 Å². The molecule has 1 aromatic heterocycles. The SMILES string of the molecule is Cc1ccc2c(c1)c1c(n2C#Cc2ccc(Cl)cc2)C(C)N(C)CC1. The fraction of sp³-hybridized carbons (Fsp3) is 0.273. The smallest absolute Gasteiger partial charge is 0.0618 e. The number of aromatic nitrogens is 1. The molecule has 3 heteroatoms. The quantitative estimate of drug-likeness (QED) is 0.518. The summed E-state index contributed by atoms with van der Waals surface area (Å²) in [6.07, 6.45) is 1.08. The number of hydrogen-bond donors (Lipinski definition) is 0. The minimum absolute atomic E-state index is 0.357. The molecular formula is C22H21ClN2. The Hall–Kier alpha value is -2.21. The average molecular weight is 349 g/mol. The second-order valence-electron chi connectivity index (χ2n) is 6.87. The van der Waals surface area contributed by atoms with Gasteiger partial charge < -0.3 is 0 Å². The molecule has 1 atom stereocenters. The largest absolute Gasteiger partial charge is 0.298 e. The Morgan fingerprint density at radius 1 is 1.12 bits per heavy atom. The van der Waals surface area contributed by atoms with Crippen LogP contribution in [0.4, 0.5) is 0 Å². The van der Waals surface area contributed by atoms with Crippen LogP contribution in [0, 0.1) is 18.9 Å². The van der Waals surface area contributed by atoms with Gasteiger partial charge in [-0.25, -0.2) is 0 Å². The standard InChI is InChI=1S/C22H21ClN2/c1-15-4-9-21-20(14-15)19-11-12-24(3)16(2)22(19)25(21)13-10-17-5-7-18(23)8-6-17/h4-9,14,16H,11-12H2,1-3H3. The summed E-state index contributed by atoms with van der Waals surface area (Å²) in [5.41, 5.74) is 6.26. The van der Waals surface area contributed by atoms with Gasteiger partial charge in [0.1, 0.15) is 0 Å². The number of benzene rings is 2. The molecule has 2 heterocycles. The van der Waals surface area contributed by atoms with E-state index in [1.807, 2.05) is 24.3 Å². The van der Waals surface area contributed by atoms with E-state index in [-0.39, 0.29) is 0 Å². The Morgan fingerprint density at radius 3 is 2.64 bits per heavy atom. The number of nitrogens with zero attached hydrogens (tertiary/aromatic N) is 2. The van der Waals surface area contributed by atoms with E-state index in [0.29, 0.717) is 6.04 Å². The maximum absolute atomic E-state index is 5.98. The van der Waals surface area contributed by atoms with Gasteiger partial charge in [-0.15, -0.1) is 0 Å². The van der Waals surface area contributed by atoms with Crippen LogP contribution in [0.15, 0.2) is 42.5 Å². The molecule has 0 amide bonds. The summed E-state index contributed by atoms with van der Waals surface area (Å²) in [7, 11) is 2.19. The molecule has 0 radical (unpaired) electrons. The molecule has 126 valence electrons. The highest BCUT2D eigenvalue weighted by Gasteiger charge is 2.27. The highest BCUT2D eigenvalue weighted by Crippen LogP contribution is 2.36. The maximum atomic E-state index is 5.98. The van der Waals surface area contributed by atoms with Crippen LogP contribution in [0.5, 0.6) is 0 Å². The third-order valence-electron chi connectivity index (χ3n) is 5.20. The van der Waals surface area contributed by atoms with Crippen LogP contribution in [0.3, 0.4) is 0 Å². The fourth-order valence-corrected chi connectivity index (χ4v) is 3.78. The van der Waals surface area contributed by atoms with Gasteiger partial charge in [0.25, 0.3) is 0 Å². The average Bonchev–Trinajstić information content (AvgIpc) is 2.91. The zero-order valence-electron chi connectivity index (χ0n) is 14.8. The predicted molar refractivity (Wildman–Crippen MR) is 105 cm³/mol. The first-order chi connectivity index (χ1) is 12.0. The summed E-state index contributed by atoms with van der Waals surface area (Å²) in [6.45, 7) is 5.51. The fourth-order valence-electron chi connectivity index (χ4n) is 3.66. The molecule has 0 fully saturated rings. The summed E-state index contributed by atoms with van der Waals surface area (Å²) in [4.78, 5) is 2.40. The Labute approximate surface area is 154 Å². The van der Waals surface area contributed by atoms with Crippen molar-refractivity contribution in [2.75, 3.05) is 13.6 Å². The zero-order chi connectivity index (χ0) is 17.6. The lowest BCUT2D eigenvalue weighted by atomic mass is 9.98. The maximum Gasteiger partial charge on any atom is 0.0618 e. The number of aryl methyl sites for hydroxylation is 1. The van der Waals surface area contributed by atoms with Crippen LogP contribution < -0.4 is 0 Å². The highest BCUT2D eigenvalue weighted by atomic mass is 35.5. The van der Waals surface area contributed by atoms with E-state index in [9.17, 15) is 0 Å². The van der Waals surface area contributed by atoms with Crippen LogP contribution in [-0.4, -0.2) is 23.1 Å². The second kappa shape index (κ2) is 6.26. The third kappa shape index (κ3) is 2.84. The first-order valence-corrected chi connectivity index (χ1v) is 9.04. The Balaban J connectivity index is 1.92. The third-order valence-corrected chi connectivity index (χ3v) is 5.45. The molecule has 0 spiro atoms. The number of likely N-dealkylation sites (N-methyl/N-ethyl adjacent to an activating group) is 1. The minimum atomic E-state index is 0.357. The van der Waals surface area contributed by atoms with Gasteiger partial charge in [-0.3, -0.25) is 9.47 Å². The Morgan fingerprint density at radius 2 is 1.88 bits per heavy atom. The van der Waals surface area contributed by atoms with Crippen LogP contribution in [0.1, 0.15) is 35.3 Å². The van der Waals surface area contributed by atoms with Gasteiger partial charge >= 0.3 is 0 Å². The first-order valence-electron chi connectivity index (χ1n) is 8.66. The molecule has 0 saturated heterocycles. The van der Waals surface area contributed by atoms with E-state index in [4.69, 9.17) is 11.6 Å². The summed E-state index contributed by atoms with van der Waals surface area (Å²) in [5, 5.41) is 2.08. The van der Waals surface area contributed by atoms with Crippen molar-refractivity contribution in [2.45, 2.75) is 26.3 Å². The van der Waals surface area contributed by atoms with E-state index < -0.39 is 0 Å². The van der Waals surface area contributed by atoms with Gasteiger partial charge in [-0.2, -0.15) is 0 Å². The Kier molecular flexibility index (Phi) is 4.07. The van der Waals surface area contributed by atoms with Gasteiger partial charge in [0.05, 0.1) is 11.2 Å². The molecule has 0 saturated carbocycles. The summed E-state index contributed by atoms with van der Waals surface area (Å²) >= 11 is 5.98. The first kappa shape index (κ1) is 16.3. The van der Waals surface area contributed by atoms with Crippen molar-refractivity contribution in [3.8, 4) is 12.0 Å². The molecule has 3 aromatic rings. The van der Waals surface area contributed by atoms with E-state index >= 15 is 0 Å². The number of rotatable bonds is 0. The van der Waals surface area contributed by atoms with Crippen LogP contribution in [0.25, 0.3) is 10.9 Å². The van der Waals surface area contributed by atoms with E-state index in [1.54, 1.807) is 0 Å². The molecular weight excluding hydrogens is 328 g/mol. The molecule has 2 aromatic carbocycles. The predicted octanol–water partition coefficient (Wildman–Crippen LogP) is 5.01. The van der Waals surface area contributed by atoms with Gasteiger partial charge in [0, 0.05) is 34.6 Å². The number of halogens is 1. The lowest BCUT2D eigenvalue weighted by Crippen LogP contribution is -2.31. The van der Waals surface area contributed by atoms with E-state index in [2.05, 4.69) is 60.5 Å². The van der Waals surface area contributed by atoms with Crippen LogP contribution in [-0.2, 0) is 6.42 Å². The van der Waals surface area contributed by atoms with Gasteiger partial charge in [0.2, 0.25) is 0 Å². The van der Waals surface area contributed by atoms with Crippen molar-refractivity contribution >= 4 is 22.5 Å². The van der Waals surface area contributed by atoms with Crippen molar-refractivity contribution in [3.63, 3.8) is 0 Å². The van der Waals surface area contributed by atoms with Crippen molar-refractivity contribution in [1.29, 1.82) is 0 Å².